The zero-order valence-electron chi connectivity index (χ0n) is 8.54. The number of fused-ring (bicyclic) bond motifs is 2. The lowest BCUT2D eigenvalue weighted by atomic mass is 10.0. The molecule has 0 fully saturated rings. The second kappa shape index (κ2) is 3.49. The van der Waals surface area contributed by atoms with Crippen molar-refractivity contribution in [3.63, 3.8) is 0 Å². The van der Waals surface area contributed by atoms with Gasteiger partial charge in [0.15, 0.2) is 0 Å². The van der Waals surface area contributed by atoms with Crippen LogP contribution in [0.2, 0.25) is 5.02 Å². The quantitative estimate of drug-likeness (QED) is 0.633. The van der Waals surface area contributed by atoms with Crippen molar-refractivity contribution < 1.29 is 4.74 Å². The molecule has 0 radical (unpaired) electrons. The van der Waals surface area contributed by atoms with Gasteiger partial charge in [-0.05, 0) is 12.1 Å². The second-order valence-corrected chi connectivity index (χ2v) is 4.12. The van der Waals surface area contributed by atoms with Crippen LogP contribution in [0.25, 0.3) is 0 Å². The number of rotatable bonds is 0. The minimum atomic E-state index is -0.584. The highest BCUT2D eigenvalue weighted by molar-refractivity contribution is 6.31. The number of halogens is 1. The van der Waals surface area contributed by atoms with Crippen LogP contribution in [0, 0.1) is 0 Å². The smallest absolute Gasteiger partial charge is 0.328 e. The number of benzene rings is 1. The van der Waals surface area contributed by atoms with Crippen molar-refractivity contribution in [2.75, 3.05) is 0 Å². The predicted molar refractivity (Wildman–Crippen MR) is 62.0 cm³/mol. The van der Waals surface area contributed by atoms with Gasteiger partial charge in [0.1, 0.15) is 5.75 Å². The van der Waals surface area contributed by atoms with Gasteiger partial charge in [0.2, 0.25) is 5.88 Å². The topological polar surface area (TPSA) is 75.0 Å². The van der Waals surface area contributed by atoms with Gasteiger partial charge in [-0.2, -0.15) is 0 Å². The summed E-state index contributed by atoms with van der Waals surface area (Å²) in [6, 6.07) is 5.22. The molecular weight excluding hydrogens is 244 g/mol. The van der Waals surface area contributed by atoms with Crippen LogP contribution in [0.15, 0.2) is 27.8 Å². The van der Waals surface area contributed by atoms with Gasteiger partial charge in [0, 0.05) is 17.0 Å². The van der Waals surface area contributed by atoms with Crippen molar-refractivity contribution in [1.82, 2.24) is 9.97 Å². The molecule has 1 aromatic carbocycles. The molecule has 1 aliphatic heterocycles. The molecule has 2 N–H and O–H groups in total. The monoisotopic (exact) mass is 250 g/mol. The molecule has 0 saturated heterocycles. The molecule has 0 saturated carbocycles. The molecule has 3 rings (SSSR count). The molecule has 0 spiro atoms. The van der Waals surface area contributed by atoms with Gasteiger partial charge in [0.25, 0.3) is 5.56 Å². The van der Waals surface area contributed by atoms with E-state index in [1.807, 2.05) is 0 Å². The lowest BCUT2D eigenvalue weighted by Gasteiger charge is -2.19. The summed E-state index contributed by atoms with van der Waals surface area (Å²) >= 11 is 6.03. The van der Waals surface area contributed by atoms with E-state index < -0.39 is 11.2 Å². The molecule has 2 heterocycles. The molecule has 0 amide bonds. The Morgan fingerprint density at radius 1 is 1.18 bits per heavy atom. The molecule has 1 aromatic heterocycles. The van der Waals surface area contributed by atoms with Gasteiger partial charge in [-0.1, -0.05) is 17.7 Å². The van der Waals surface area contributed by atoms with Crippen LogP contribution in [0.3, 0.4) is 0 Å². The number of ether oxygens (including phenoxy) is 1. The molecular formula is C11H7ClN2O3. The maximum atomic E-state index is 11.6. The normalized spacial score (nSPS) is 12.5. The van der Waals surface area contributed by atoms with E-state index >= 15 is 0 Å². The number of aromatic nitrogens is 2. The van der Waals surface area contributed by atoms with Crippen molar-refractivity contribution in [3.8, 4) is 11.6 Å². The van der Waals surface area contributed by atoms with Crippen LogP contribution in [0.5, 0.6) is 11.6 Å². The van der Waals surface area contributed by atoms with E-state index in [-0.39, 0.29) is 5.88 Å². The molecule has 5 nitrogen and oxygen atoms in total. The van der Waals surface area contributed by atoms with Gasteiger partial charge < -0.3 is 4.74 Å². The largest absolute Gasteiger partial charge is 0.440 e. The number of hydrogen-bond donors (Lipinski definition) is 2. The first-order valence-corrected chi connectivity index (χ1v) is 5.33. The minimum Gasteiger partial charge on any atom is -0.440 e. The maximum absolute atomic E-state index is 11.6. The van der Waals surface area contributed by atoms with Gasteiger partial charge in [-0.3, -0.25) is 14.8 Å². The average molecular weight is 251 g/mol. The van der Waals surface area contributed by atoms with Crippen molar-refractivity contribution in [3.05, 3.63) is 55.2 Å². The van der Waals surface area contributed by atoms with Crippen molar-refractivity contribution >= 4 is 11.6 Å². The Kier molecular flexibility index (Phi) is 2.09. The third-order valence-corrected chi connectivity index (χ3v) is 3.00. The van der Waals surface area contributed by atoms with Crippen LogP contribution in [0.4, 0.5) is 0 Å². The van der Waals surface area contributed by atoms with Crippen molar-refractivity contribution in [2.45, 2.75) is 6.42 Å². The van der Waals surface area contributed by atoms with Crippen LogP contribution in [-0.2, 0) is 6.42 Å². The Morgan fingerprint density at radius 3 is 2.82 bits per heavy atom. The number of hydrogen-bond acceptors (Lipinski definition) is 3. The third-order valence-electron chi connectivity index (χ3n) is 2.64. The molecule has 1 aliphatic rings. The molecule has 0 atom stereocenters. The Labute approximate surface area is 100 Å². The average Bonchev–Trinajstić information content (AvgIpc) is 2.27. The van der Waals surface area contributed by atoms with Gasteiger partial charge >= 0.3 is 5.69 Å². The van der Waals surface area contributed by atoms with E-state index in [9.17, 15) is 9.59 Å². The second-order valence-electron chi connectivity index (χ2n) is 3.71. The summed E-state index contributed by atoms with van der Waals surface area (Å²) in [7, 11) is 0. The predicted octanol–water partition coefficient (Wildman–Crippen LogP) is 1.41. The first kappa shape index (κ1) is 10.2. The molecule has 0 bridgehead atoms. The molecule has 2 aromatic rings. The van der Waals surface area contributed by atoms with E-state index in [1.54, 1.807) is 18.2 Å². The SMILES string of the molecule is O=c1[nH]c2c(c(=O)[nH]1)Cc1c(Cl)cccc1O2. The molecule has 86 valence electrons. The van der Waals surface area contributed by atoms with Crippen LogP contribution in [0.1, 0.15) is 11.1 Å². The first-order valence-electron chi connectivity index (χ1n) is 4.96. The van der Waals surface area contributed by atoms with Crippen LogP contribution < -0.4 is 16.0 Å². The lowest BCUT2D eigenvalue weighted by Crippen LogP contribution is -2.28. The van der Waals surface area contributed by atoms with Crippen LogP contribution >= 0.6 is 11.6 Å². The van der Waals surface area contributed by atoms with Crippen molar-refractivity contribution in [2.24, 2.45) is 0 Å². The molecule has 17 heavy (non-hydrogen) atoms. The Balaban J connectivity index is 2.24. The Bertz CT molecular complexity index is 717. The summed E-state index contributed by atoms with van der Waals surface area (Å²) < 4.78 is 5.46. The molecule has 0 unspecified atom stereocenters. The standard InChI is InChI=1S/C11H7ClN2O3/c12-7-2-1-3-8-5(7)4-6-9(15)13-11(16)14-10(6)17-8/h1-3H,4H2,(H2,13,14,15,16). The maximum Gasteiger partial charge on any atom is 0.328 e. The highest BCUT2D eigenvalue weighted by Gasteiger charge is 2.22. The third kappa shape index (κ3) is 1.55. The fourth-order valence-electron chi connectivity index (χ4n) is 1.83. The summed E-state index contributed by atoms with van der Waals surface area (Å²) in [5.41, 5.74) is 0.0953. The zero-order valence-corrected chi connectivity index (χ0v) is 9.30. The minimum absolute atomic E-state index is 0.188. The van der Waals surface area contributed by atoms with E-state index in [2.05, 4.69) is 9.97 Å². The highest BCUT2D eigenvalue weighted by Crippen LogP contribution is 2.36. The lowest BCUT2D eigenvalue weighted by molar-refractivity contribution is 0.435. The fraction of sp³-hybridized carbons (Fsp3) is 0.0909. The van der Waals surface area contributed by atoms with E-state index in [0.717, 1.165) is 5.56 Å². The summed E-state index contributed by atoms with van der Waals surface area (Å²) in [5.74, 6) is 0.750. The summed E-state index contributed by atoms with van der Waals surface area (Å²) in [4.78, 5) is 27.3. The molecule has 6 heteroatoms. The summed E-state index contributed by atoms with van der Waals surface area (Å²) in [6.07, 6.45) is 0.344. The summed E-state index contributed by atoms with van der Waals surface area (Å²) in [6.45, 7) is 0. The van der Waals surface area contributed by atoms with Gasteiger partial charge in [0.05, 0.1) is 5.56 Å². The van der Waals surface area contributed by atoms with E-state index in [1.165, 1.54) is 0 Å². The zero-order chi connectivity index (χ0) is 12.0. The Morgan fingerprint density at radius 2 is 2.00 bits per heavy atom. The van der Waals surface area contributed by atoms with Crippen LogP contribution in [-0.4, -0.2) is 9.97 Å². The van der Waals surface area contributed by atoms with E-state index in [4.69, 9.17) is 16.3 Å². The highest BCUT2D eigenvalue weighted by atomic mass is 35.5. The molecule has 0 aliphatic carbocycles. The van der Waals surface area contributed by atoms with Gasteiger partial charge in [-0.15, -0.1) is 0 Å². The number of H-pyrrole nitrogens is 2. The fourth-order valence-corrected chi connectivity index (χ4v) is 2.06. The summed E-state index contributed by atoms with van der Waals surface area (Å²) in [5, 5.41) is 0.541. The number of aromatic amines is 2. The van der Waals surface area contributed by atoms with E-state index in [0.29, 0.717) is 22.8 Å². The van der Waals surface area contributed by atoms with Gasteiger partial charge in [-0.25, -0.2) is 4.79 Å². The first-order chi connectivity index (χ1) is 8.15. The Hall–Kier alpha value is -2.01. The number of nitrogens with one attached hydrogen (secondary N) is 2. The van der Waals surface area contributed by atoms with Crippen molar-refractivity contribution in [1.29, 1.82) is 0 Å².